The molecular formula is C27H29ClN4O3S. The minimum absolute atomic E-state index is 0.101. The average molecular weight is 525 g/mol. The molecule has 0 atom stereocenters. The molecular weight excluding hydrogens is 496 g/mol. The van der Waals surface area contributed by atoms with E-state index in [-0.39, 0.29) is 4.90 Å². The lowest BCUT2D eigenvalue weighted by Crippen LogP contribution is -2.40. The normalized spacial score (nSPS) is 14.3. The van der Waals surface area contributed by atoms with E-state index in [1.54, 1.807) is 43.3 Å². The number of sulfonamides is 1. The number of carbonyl (C=O) groups is 1. The Balaban J connectivity index is 1.43. The molecule has 1 amide bonds. The van der Waals surface area contributed by atoms with Crippen molar-refractivity contribution in [3.05, 3.63) is 95.0 Å². The van der Waals surface area contributed by atoms with Crippen LogP contribution in [0.5, 0.6) is 0 Å². The van der Waals surface area contributed by atoms with E-state index in [2.05, 4.69) is 27.6 Å². The first kappa shape index (κ1) is 25.9. The van der Waals surface area contributed by atoms with Crippen LogP contribution < -0.4 is 9.73 Å². The van der Waals surface area contributed by atoms with Crippen LogP contribution in [-0.2, 0) is 21.4 Å². The largest absolute Gasteiger partial charge is 0.298 e. The Labute approximate surface area is 217 Å². The van der Waals surface area contributed by atoms with E-state index in [0.29, 0.717) is 16.3 Å². The second-order valence-corrected chi connectivity index (χ2v) is 11.0. The van der Waals surface area contributed by atoms with E-state index in [9.17, 15) is 13.2 Å². The van der Waals surface area contributed by atoms with Gasteiger partial charge in [-0.2, -0.15) is 5.10 Å². The number of benzene rings is 3. The summed E-state index contributed by atoms with van der Waals surface area (Å²) in [6, 6.07) is 23.3. The average Bonchev–Trinajstić information content (AvgIpc) is 2.88. The van der Waals surface area contributed by atoms with E-state index >= 15 is 0 Å². The monoisotopic (exact) mass is 524 g/mol. The van der Waals surface area contributed by atoms with E-state index in [0.717, 1.165) is 42.5 Å². The maximum atomic E-state index is 13.5. The van der Waals surface area contributed by atoms with Crippen molar-refractivity contribution in [2.75, 3.05) is 23.9 Å². The summed E-state index contributed by atoms with van der Waals surface area (Å²) >= 11 is 6.08. The molecule has 1 N–H and O–H groups in total. The van der Waals surface area contributed by atoms with Crippen LogP contribution in [0.25, 0.3) is 0 Å². The predicted octanol–water partition coefficient (Wildman–Crippen LogP) is 4.61. The summed E-state index contributed by atoms with van der Waals surface area (Å²) in [5, 5.41) is 4.80. The lowest BCUT2D eigenvalue weighted by atomic mass is 10.1. The van der Waals surface area contributed by atoms with Gasteiger partial charge in [-0.15, -0.1) is 0 Å². The number of piperidine rings is 1. The first-order chi connectivity index (χ1) is 17.3. The van der Waals surface area contributed by atoms with Gasteiger partial charge in [-0.3, -0.25) is 14.0 Å². The van der Waals surface area contributed by atoms with Crippen LogP contribution in [0.3, 0.4) is 0 Å². The van der Waals surface area contributed by atoms with Gasteiger partial charge in [0.15, 0.2) is 0 Å². The highest BCUT2D eigenvalue weighted by atomic mass is 35.5. The molecule has 0 radical (unpaired) electrons. The highest BCUT2D eigenvalue weighted by molar-refractivity contribution is 7.92. The fourth-order valence-corrected chi connectivity index (χ4v) is 5.88. The van der Waals surface area contributed by atoms with Gasteiger partial charge < -0.3 is 0 Å². The number of nitrogens with zero attached hydrogens (tertiary/aromatic N) is 3. The van der Waals surface area contributed by atoms with Crippen LogP contribution in [0.4, 0.5) is 5.69 Å². The smallest absolute Gasteiger partial charge is 0.264 e. The van der Waals surface area contributed by atoms with Gasteiger partial charge in [0, 0.05) is 43.2 Å². The number of hydrogen-bond acceptors (Lipinski definition) is 5. The maximum Gasteiger partial charge on any atom is 0.264 e. The highest BCUT2D eigenvalue weighted by Gasteiger charge is 2.28. The van der Waals surface area contributed by atoms with Crippen molar-refractivity contribution in [1.29, 1.82) is 0 Å². The van der Waals surface area contributed by atoms with Crippen molar-refractivity contribution in [3.8, 4) is 0 Å². The summed E-state index contributed by atoms with van der Waals surface area (Å²) in [7, 11) is -3.99. The molecule has 188 valence electrons. The number of aryl methyl sites for hydroxylation is 1. The number of amides is 1. The van der Waals surface area contributed by atoms with Gasteiger partial charge in [0.05, 0.1) is 10.6 Å². The van der Waals surface area contributed by atoms with E-state index in [4.69, 9.17) is 11.6 Å². The molecule has 1 heterocycles. The lowest BCUT2D eigenvalue weighted by Gasteiger charge is -2.27. The Morgan fingerprint density at radius 2 is 1.64 bits per heavy atom. The minimum Gasteiger partial charge on any atom is -0.298 e. The van der Waals surface area contributed by atoms with Crippen LogP contribution >= 0.6 is 11.6 Å². The summed E-state index contributed by atoms with van der Waals surface area (Å²) in [6.45, 7) is 3.93. The number of likely N-dealkylation sites (tertiary alicyclic amines) is 1. The standard InChI is InChI=1S/C27H29ClN4O3S/c1-21-18-23(28)12-13-26(21)32(36(34,35)25-10-6-3-7-11-25)20-27(33)30-29-24-14-16-31(17-15-24)19-22-8-4-2-5-9-22/h2-13,18H,14-17,19-20H2,1H3,(H,30,33). The topological polar surface area (TPSA) is 82.1 Å². The van der Waals surface area contributed by atoms with E-state index < -0.39 is 22.5 Å². The molecule has 1 aliphatic heterocycles. The molecule has 9 heteroatoms. The van der Waals surface area contributed by atoms with Crippen LogP contribution in [-0.4, -0.2) is 44.6 Å². The summed E-state index contributed by atoms with van der Waals surface area (Å²) in [4.78, 5) is 15.3. The summed E-state index contributed by atoms with van der Waals surface area (Å²) in [6.07, 6.45) is 1.49. The summed E-state index contributed by atoms with van der Waals surface area (Å²) in [5.41, 5.74) is 5.77. The second kappa shape index (κ2) is 11.7. The van der Waals surface area contributed by atoms with Crippen LogP contribution in [0.2, 0.25) is 5.02 Å². The number of halogens is 1. The molecule has 36 heavy (non-hydrogen) atoms. The van der Waals surface area contributed by atoms with Crippen LogP contribution in [0.15, 0.2) is 88.9 Å². The van der Waals surface area contributed by atoms with Crippen LogP contribution in [0.1, 0.15) is 24.0 Å². The predicted molar refractivity (Wildman–Crippen MR) is 144 cm³/mol. The van der Waals surface area contributed by atoms with Crippen molar-refractivity contribution in [2.45, 2.75) is 31.2 Å². The van der Waals surface area contributed by atoms with Crippen molar-refractivity contribution < 1.29 is 13.2 Å². The summed E-state index contributed by atoms with van der Waals surface area (Å²) < 4.78 is 28.0. The first-order valence-corrected chi connectivity index (χ1v) is 13.6. The van der Waals surface area contributed by atoms with Crippen molar-refractivity contribution >= 4 is 38.9 Å². The minimum atomic E-state index is -3.99. The summed E-state index contributed by atoms with van der Waals surface area (Å²) in [5.74, 6) is -0.511. The number of hydrogen-bond donors (Lipinski definition) is 1. The van der Waals surface area contributed by atoms with Crippen molar-refractivity contribution in [3.63, 3.8) is 0 Å². The van der Waals surface area contributed by atoms with Gasteiger partial charge in [0.2, 0.25) is 0 Å². The molecule has 0 bridgehead atoms. The molecule has 0 aliphatic carbocycles. The molecule has 0 aromatic heterocycles. The Kier molecular flexibility index (Phi) is 8.40. The van der Waals surface area contributed by atoms with Crippen LogP contribution in [0, 0.1) is 6.92 Å². The van der Waals surface area contributed by atoms with Crippen molar-refractivity contribution in [1.82, 2.24) is 10.3 Å². The third-order valence-corrected chi connectivity index (χ3v) is 8.08. The maximum absolute atomic E-state index is 13.5. The fraction of sp³-hybridized carbons (Fsp3) is 0.259. The number of nitrogens with one attached hydrogen (secondary N) is 1. The molecule has 4 rings (SSSR count). The molecule has 0 unspecified atom stereocenters. The zero-order chi connectivity index (χ0) is 25.5. The number of hydrazone groups is 1. The van der Waals surface area contributed by atoms with Gasteiger partial charge in [0.25, 0.3) is 15.9 Å². The van der Waals surface area contributed by atoms with E-state index in [1.807, 2.05) is 18.2 Å². The molecule has 1 saturated heterocycles. The molecule has 0 spiro atoms. The Morgan fingerprint density at radius 3 is 2.28 bits per heavy atom. The number of carbonyl (C=O) groups excluding carboxylic acids is 1. The van der Waals surface area contributed by atoms with Gasteiger partial charge >= 0.3 is 0 Å². The molecule has 7 nitrogen and oxygen atoms in total. The second-order valence-electron chi connectivity index (χ2n) is 8.73. The van der Waals surface area contributed by atoms with E-state index in [1.165, 1.54) is 17.7 Å². The highest BCUT2D eigenvalue weighted by Crippen LogP contribution is 2.28. The zero-order valence-corrected chi connectivity index (χ0v) is 21.7. The SMILES string of the molecule is Cc1cc(Cl)ccc1N(CC(=O)NN=C1CCN(Cc2ccccc2)CC1)S(=O)(=O)c1ccccc1. The van der Waals surface area contributed by atoms with Gasteiger partial charge in [-0.05, 0) is 48.4 Å². The third-order valence-electron chi connectivity index (χ3n) is 6.07. The van der Waals surface area contributed by atoms with Crippen molar-refractivity contribution in [2.24, 2.45) is 5.10 Å². The zero-order valence-electron chi connectivity index (χ0n) is 20.1. The van der Waals surface area contributed by atoms with Gasteiger partial charge in [0.1, 0.15) is 6.54 Å². The Bertz CT molecular complexity index is 1320. The van der Waals surface area contributed by atoms with Gasteiger partial charge in [-0.25, -0.2) is 13.8 Å². The molecule has 1 fully saturated rings. The molecule has 3 aromatic carbocycles. The Morgan fingerprint density at radius 1 is 1.00 bits per heavy atom. The molecule has 0 saturated carbocycles. The first-order valence-electron chi connectivity index (χ1n) is 11.8. The van der Waals surface area contributed by atoms with Gasteiger partial charge in [-0.1, -0.05) is 60.1 Å². The number of rotatable bonds is 8. The lowest BCUT2D eigenvalue weighted by molar-refractivity contribution is -0.119. The quantitative estimate of drug-likeness (QED) is 0.436. The molecule has 1 aliphatic rings. The number of anilines is 1. The molecule has 3 aromatic rings. The fourth-order valence-electron chi connectivity index (χ4n) is 4.15. The Hall–Kier alpha value is -3.20. The third kappa shape index (κ3) is 6.51.